The maximum absolute atomic E-state index is 11.2. The standard InChI is InChI=1S/C8H10BrNO2S/c1-2-12-8(11)6-5-13-7(10-6)3-4-9/h5H,2-4H2,1H3. The molecule has 1 heterocycles. The van der Waals surface area contributed by atoms with Crippen LogP contribution in [0.4, 0.5) is 0 Å². The molecule has 1 aromatic heterocycles. The van der Waals surface area contributed by atoms with E-state index >= 15 is 0 Å². The topological polar surface area (TPSA) is 39.2 Å². The van der Waals surface area contributed by atoms with Gasteiger partial charge in [-0.15, -0.1) is 11.3 Å². The fourth-order valence-corrected chi connectivity index (χ4v) is 2.21. The van der Waals surface area contributed by atoms with Crippen LogP contribution in [0.15, 0.2) is 5.38 Å². The summed E-state index contributed by atoms with van der Waals surface area (Å²) >= 11 is 4.80. The van der Waals surface area contributed by atoms with Gasteiger partial charge in [0.15, 0.2) is 5.69 Å². The molecule has 0 saturated heterocycles. The largest absolute Gasteiger partial charge is 0.461 e. The molecular weight excluding hydrogens is 254 g/mol. The summed E-state index contributed by atoms with van der Waals surface area (Å²) in [6, 6.07) is 0. The van der Waals surface area contributed by atoms with Crippen LogP contribution in [0, 0.1) is 0 Å². The second-order valence-corrected chi connectivity index (χ2v) is 4.02. The lowest BCUT2D eigenvalue weighted by molar-refractivity contribution is 0.0520. The minimum atomic E-state index is -0.334. The minimum Gasteiger partial charge on any atom is -0.461 e. The first-order chi connectivity index (χ1) is 6.27. The molecule has 72 valence electrons. The van der Waals surface area contributed by atoms with E-state index in [0.717, 1.165) is 16.8 Å². The predicted molar refractivity (Wildman–Crippen MR) is 55.6 cm³/mol. The van der Waals surface area contributed by atoms with Crippen LogP contribution >= 0.6 is 27.3 Å². The van der Waals surface area contributed by atoms with Crippen LogP contribution in [-0.4, -0.2) is 22.9 Å². The lowest BCUT2D eigenvalue weighted by Gasteiger charge is -1.95. The molecule has 0 aliphatic rings. The molecule has 0 radical (unpaired) electrons. The van der Waals surface area contributed by atoms with Crippen molar-refractivity contribution in [3.63, 3.8) is 0 Å². The third-order valence-corrected chi connectivity index (χ3v) is 2.65. The monoisotopic (exact) mass is 263 g/mol. The number of nitrogens with zero attached hydrogens (tertiary/aromatic N) is 1. The normalized spacial score (nSPS) is 10.0. The van der Waals surface area contributed by atoms with Crippen molar-refractivity contribution in [1.29, 1.82) is 0 Å². The average molecular weight is 264 g/mol. The summed E-state index contributed by atoms with van der Waals surface area (Å²) in [5.41, 5.74) is 0.419. The van der Waals surface area contributed by atoms with E-state index in [9.17, 15) is 4.79 Å². The van der Waals surface area contributed by atoms with Crippen LogP contribution in [0.2, 0.25) is 0 Å². The summed E-state index contributed by atoms with van der Waals surface area (Å²) in [5, 5.41) is 3.55. The lowest BCUT2D eigenvalue weighted by atomic mass is 10.5. The molecule has 5 heteroatoms. The van der Waals surface area contributed by atoms with Gasteiger partial charge >= 0.3 is 5.97 Å². The molecule has 0 aromatic carbocycles. The molecule has 1 aromatic rings. The Morgan fingerprint density at radius 1 is 1.77 bits per heavy atom. The fourth-order valence-electron chi connectivity index (χ4n) is 0.805. The Morgan fingerprint density at radius 3 is 3.15 bits per heavy atom. The highest BCUT2D eigenvalue weighted by atomic mass is 79.9. The summed E-state index contributed by atoms with van der Waals surface area (Å²) in [6.07, 6.45) is 0.851. The van der Waals surface area contributed by atoms with Crippen molar-refractivity contribution in [1.82, 2.24) is 4.98 Å². The molecule has 3 nitrogen and oxygen atoms in total. The van der Waals surface area contributed by atoms with E-state index in [1.165, 1.54) is 11.3 Å². The van der Waals surface area contributed by atoms with Gasteiger partial charge in [0.05, 0.1) is 11.6 Å². The van der Waals surface area contributed by atoms with Crippen molar-refractivity contribution >= 4 is 33.2 Å². The Bertz CT molecular complexity index is 287. The van der Waals surface area contributed by atoms with E-state index in [2.05, 4.69) is 20.9 Å². The number of esters is 1. The van der Waals surface area contributed by atoms with E-state index in [1.54, 1.807) is 12.3 Å². The Balaban J connectivity index is 2.62. The first-order valence-corrected chi connectivity index (χ1v) is 5.95. The van der Waals surface area contributed by atoms with Gasteiger partial charge in [-0.1, -0.05) is 15.9 Å². The molecule has 0 spiro atoms. The molecular formula is C8H10BrNO2S. The summed E-state index contributed by atoms with van der Waals surface area (Å²) in [6.45, 7) is 2.17. The molecule has 1 rings (SSSR count). The molecule has 0 aliphatic heterocycles. The molecule has 0 aliphatic carbocycles. The highest BCUT2D eigenvalue weighted by Gasteiger charge is 2.10. The Labute approximate surface area is 89.3 Å². The molecule has 13 heavy (non-hydrogen) atoms. The second kappa shape index (κ2) is 5.34. The molecule has 0 N–H and O–H groups in total. The maximum Gasteiger partial charge on any atom is 0.357 e. The number of hydrogen-bond donors (Lipinski definition) is 0. The number of carbonyl (C=O) groups excluding carboxylic acids is 1. The van der Waals surface area contributed by atoms with Crippen LogP contribution in [0.3, 0.4) is 0 Å². The molecule has 0 amide bonds. The first-order valence-electron chi connectivity index (χ1n) is 3.95. The molecule has 0 saturated carbocycles. The number of thiazole rings is 1. The predicted octanol–water partition coefficient (Wildman–Crippen LogP) is 2.26. The summed E-state index contributed by atoms with van der Waals surface area (Å²) in [4.78, 5) is 15.3. The zero-order chi connectivity index (χ0) is 9.68. The van der Waals surface area contributed by atoms with Crippen molar-refractivity contribution in [3.8, 4) is 0 Å². The van der Waals surface area contributed by atoms with Crippen molar-refractivity contribution in [3.05, 3.63) is 16.1 Å². The van der Waals surface area contributed by atoms with Crippen molar-refractivity contribution in [2.75, 3.05) is 11.9 Å². The van der Waals surface area contributed by atoms with E-state index < -0.39 is 0 Å². The first kappa shape index (κ1) is 10.7. The number of aryl methyl sites for hydroxylation is 1. The van der Waals surface area contributed by atoms with Crippen LogP contribution in [-0.2, 0) is 11.2 Å². The highest BCUT2D eigenvalue weighted by Crippen LogP contribution is 2.12. The molecule has 0 fully saturated rings. The smallest absolute Gasteiger partial charge is 0.357 e. The Hall–Kier alpha value is -0.420. The SMILES string of the molecule is CCOC(=O)c1csc(CCBr)n1. The average Bonchev–Trinajstić information content (AvgIpc) is 2.54. The van der Waals surface area contributed by atoms with Crippen molar-refractivity contribution in [2.45, 2.75) is 13.3 Å². The van der Waals surface area contributed by atoms with Gasteiger partial charge in [0.2, 0.25) is 0 Å². The van der Waals surface area contributed by atoms with E-state index in [-0.39, 0.29) is 5.97 Å². The van der Waals surface area contributed by atoms with E-state index in [1.807, 2.05) is 0 Å². The van der Waals surface area contributed by atoms with Gasteiger partial charge in [0.25, 0.3) is 0 Å². The lowest BCUT2D eigenvalue weighted by Crippen LogP contribution is -2.05. The number of aromatic nitrogens is 1. The number of carbonyl (C=O) groups is 1. The van der Waals surface area contributed by atoms with E-state index in [4.69, 9.17) is 4.74 Å². The quantitative estimate of drug-likeness (QED) is 0.618. The van der Waals surface area contributed by atoms with Crippen LogP contribution in [0.1, 0.15) is 22.4 Å². The Kier molecular flexibility index (Phi) is 4.38. The molecule has 0 unspecified atom stereocenters. The van der Waals surface area contributed by atoms with Gasteiger partial charge in [-0.05, 0) is 6.92 Å². The minimum absolute atomic E-state index is 0.334. The fraction of sp³-hybridized carbons (Fsp3) is 0.500. The zero-order valence-corrected chi connectivity index (χ0v) is 9.65. The number of alkyl halides is 1. The third kappa shape index (κ3) is 3.08. The van der Waals surface area contributed by atoms with Crippen LogP contribution in [0.5, 0.6) is 0 Å². The van der Waals surface area contributed by atoms with Crippen LogP contribution in [0.25, 0.3) is 0 Å². The second-order valence-electron chi connectivity index (χ2n) is 2.29. The third-order valence-electron chi connectivity index (χ3n) is 1.34. The Morgan fingerprint density at radius 2 is 2.54 bits per heavy atom. The van der Waals surface area contributed by atoms with Crippen LogP contribution < -0.4 is 0 Å². The zero-order valence-electron chi connectivity index (χ0n) is 7.25. The number of rotatable bonds is 4. The molecule has 0 atom stereocenters. The summed E-state index contributed by atoms with van der Waals surface area (Å²) < 4.78 is 4.81. The number of ether oxygens (including phenoxy) is 1. The number of halogens is 1. The summed E-state index contributed by atoms with van der Waals surface area (Å²) in [7, 11) is 0. The van der Waals surface area contributed by atoms with Crippen molar-refractivity contribution in [2.24, 2.45) is 0 Å². The van der Waals surface area contributed by atoms with Gasteiger partial charge < -0.3 is 4.74 Å². The number of hydrogen-bond acceptors (Lipinski definition) is 4. The van der Waals surface area contributed by atoms with Crippen molar-refractivity contribution < 1.29 is 9.53 Å². The van der Waals surface area contributed by atoms with Gasteiger partial charge in [0, 0.05) is 17.1 Å². The maximum atomic E-state index is 11.2. The van der Waals surface area contributed by atoms with Gasteiger partial charge in [-0.25, -0.2) is 9.78 Å². The summed E-state index contributed by atoms with van der Waals surface area (Å²) in [5.74, 6) is -0.334. The van der Waals surface area contributed by atoms with Gasteiger partial charge in [-0.2, -0.15) is 0 Å². The van der Waals surface area contributed by atoms with Gasteiger partial charge in [-0.3, -0.25) is 0 Å². The van der Waals surface area contributed by atoms with E-state index in [0.29, 0.717) is 12.3 Å². The molecule has 0 bridgehead atoms. The van der Waals surface area contributed by atoms with Gasteiger partial charge in [0.1, 0.15) is 0 Å². The highest BCUT2D eigenvalue weighted by molar-refractivity contribution is 9.09.